The number of benzene rings is 1. The molecule has 1 heterocycles. The fraction of sp³-hybridized carbons (Fsp3) is 0.556. The number of hydrogen-bond acceptors (Lipinski definition) is 2. The molecule has 0 spiro atoms. The molecule has 2 aromatic rings. The zero-order valence-electron chi connectivity index (χ0n) is 12.4. The zero-order valence-corrected chi connectivity index (χ0v) is 12.4. The van der Waals surface area contributed by atoms with Gasteiger partial charge in [0.15, 0.2) is 0 Å². The van der Waals surface area contributed by atoms with E-state index in [1.54, 1.807) is 12.1 Å². The molecule has 3 atom stereocenters. The van der Waals surface area contributed by atoms with E-state index >= 15 is 0 Å². The molecule has 112 valence electrons. The molecule has 1 aromatic carbocycles. The van der Waals surface area contributed by atoms with E-state index in [4.69, 9.17) is 4.42 Å². The lowest BCUT2D eigenvalue weighted by atomic mass is 10.0. The van der Waals surface area contributed by atoms with Gasteiger partial charge in [0.25, 0.3) is 0 Å². The lowest BCUT2D eigenvalue weighted by Gasteiger charge is -2.15. The minimum Gasteiger partial charge on any atom is -0.459 e. The van der Waals surface area contributed by atoms with Crippen LogP contribution >= 0.6 is 0 Å². The molecule has 3 heteroatoms. The highest BCUT2D eigenvalue weighted by Crippen LogP contribution is 2.60. The molecule has 0 saturated heterocycles. The first-order valence-corrected chi connectivity index (χ1v) is 8.20. The number of furan rings is 1. The highest BCUT2D eigenvalue weighted by molar-refractivity contribution is 5.78. The van der Waals surface area contributed by atoms with Crippen LogP contribution < -0.4 is 5.32 Å². The fourth-order valence-corrected chi connectivity index (χ4v) is 4.38. The van der Waals surface area contributed by atoms with Crippen LogP contribution in [0.5, 0.6) is 0 Å². The van der Waals surface area contributed by atoms with Crippen LogP contribution in [0.15, 0.2) is 28.7 Å². The predicted octanol–water partition coefficient (Wildman–Crippen LogP) is 4.66. The highest BCUT2D eigenvalue weighted by Gasteiger charge is 2.54. The zero-order chi connectivity index (χ0) is 14.4. The van der Waals surface area contributed by atoms with Gasteiger partial charge in [-0.2, -0.15) is 0 Å². The average Bonchev–Trinajstić information content (AvgIpc) is 3.06. The van der Waals surface area contributed by atoms with Crippen molar-refractivity contribution in [1.82, 2.24) is 5.32 Å². The second kappa shape index (κ2) is 5.13. The van der Waals surface area contributed by atoms with Gasteiger partial charge >= 0.3 is 0 Å². The second-order valence-corrected chi connectivity index (χ2v) is 6.56. The number of nitrogens with one attached hydrogen (secondary N) is 1. The van der Waals surface area contributed by atoms with Crippen LogP contribution in [-0.4, -0.2) is 6.54 Å². The van der Waals surface area contributed by atoms with E-state index < -0.39 is 0 Å². The Morgan fingerprint density at radius 2 is 2.00 bits per heavy atom. The normalized spacial score (nSPS) is 29.3. The molecule has 2 saturated carbocycles. The standard InChI is InChI=1S/C18H22FNO/c1-2-20-18(17-13-5-3-4-6-14(13)17)16-10-11-9-12(19)7-8-15(11)21-16/h7-10,13-14,17-18,20H,2-6H2,1H3. The molecule has 0 radical (unpaired) electrons. The van der Waals surface area contributed by atoms with E-state index in [-0.39, 0.29) is 5.82 Å². The van der Waals surface area contributed by atoms with Gasteiger partial charge in [-0.15, -0.1) is 0 Å². The summed E-state index contributed by atoms with van der Waals surface area (Å²) in [4.78, 5) is 0. The Balaban J connectivity index is 1.66. The van der Waals surface area contributed by atoms with E-state index in [1.165, 1.54) is 31.7 Å². The summed E-state index contributed by atoms with van der Waals surface area (Å²) in [5, 5.41) is 4.48. The first kappa shape index (κ1) is 13.3. The van der Waals surface area contributed by atoms with E-state index in [2.05, 4.69) is 12.2 Å². The topological polar surface area (TPSA) is 25.2 Å². The molecule has 2 aliphatic carbocycles. The Morgan fingerprint density at radius 1 is 1.24 bits per heavy atom. The number of fused-ring (bicyclic) bond motifs is 2. The molecule has 1 aromatic heterocycles. The van der Waals surface area contributed by atoms with Crippen LogP contribution in [0.1, 0.15) is 44.4 Å². The van der Waals surface area contributed by atoms with E-state index in [9.17, 15) is 4.39 Å². The van der Waals surface area contributed by atoms with Gasteiger partial charge in [0.1, 0.15) is 17.2 Å². The minimum atomic E-state index is -0.199. The third-order valence-corrected chi connectivity index (χ3v) is 5.34. The lowest BCUT2D eigenvalue weighted by Crippen LogP contribution is -2.23. The Hall–Kier alpha value is -1.35. The quantitative estimate of drug-likeness (QED) is 0.884. The van der Waals surface area contributed by atoms with Crippen molar-refractivity contribution in [2.75, 3.05) is 6.54 Å². The minimum absolute atomic E-state index is 0.199. The molecular formula is C18H22FNO. The van der Waals surface area contributed by atoms with Crippen molar-refractivity contribution in [2.45, 2.75) is 38.6 Å². The Morgan fingerprint density at radius 3 is 2.71 bits per heavy atom. The van der Waals surface area contributed by atoms with Crippen LogP contribution in [0.3, 0.4) is 0 Å². The SMILES string of the molecule is CCNC(c1cc2cc(F)ccc2o1)C1C2CCCCC21. The summed E-state index contributed by atoms with van der Waals surface area (Å²) in [7, 11) is 0. The number of hydrogen-bond donors (Lipinski definition) is 1. The van der Waals surface area contributed by atoms with Crippen molar-refractivity contribution in [3.05, 3.63) is 35.8 Å². The molecule has 2 nitrogen and oxygen atoms in total. The van der Waals surface area contributed by atoms with Gasteiger partial charge in [0.05, 0.1) is 6.04 Å². The predicted molar refractivity (Wildman–Crippen MR) is 81.5 cm³/mol. The molecule has 0 amide bonds. The molecule has 1 N–H and O–H groups in total. The first-order valence-electron chi connectivity index (χ1n) is 8.20. The summed E-state index contributed by atoms with van der Waals surface area (Å²) in [5.41, 5.74) is 0.790. The molecule has 21 heavy (non-hydrogen) atoms. The molecule has 0 aliphatic heterocycles. The fourth-order valence-electron chi connectivity index (χ4n) is 4.38. The van der Waals surface area contributed by atoms with Gasteiger partial charge in [-0.3, -0.25) is 0 Å². The van der Waals surface area contributed by atoms with Gasteiger partial charge in [-0.1, -0.05) is 19.8 Å². The largest absolute Gasteiger partial charge is 0.459 e. The van der Waals surface area contributed by atoms with Crippen molar-refractivity contribution < 1.29 is 8.81 Å². The van der Waals surface area contributed by atoms with Crippen LogP contribution in [0.25, 0.3) is 11.0 Å². The molecule has 4 rings (SSSR count). The summed E-state index contributed by atoms with van der Waals surface area (Å²) < 4.78 is 19.4. The van der Waals surface area contributed by atoms with Crippen LogP contribution in [0, 0.1) is 23.6 Å². The molecule has 3 unspecified atom stereocenters. The van der Waals surface area contributed by atoms with Gasteiger partial charge in [0, 0.05) is 5.39 Å². The maximum atomic E-state index is 13.4. The number of rotatable bonds is 4. The Kier molecular flexibility index (Phi) is 3.26. The van der Waals surface area contributed by atoms with Gasteiger partial charge < -0.3 is 9.73 Å². The monoisotopic (exact) mass is 287 g/mol. The third kappa shape index (κ3) is 2.28. The van der Waals surface area contributed by atoms with Crippen molar-refractivity contribution in [3.8, 4) is 0 Å². The van der Waals surface area contributed by atoms with Gasteiger partial charge in [-0.25, -0.2) is 4.39 Å². The second-order valence-electron chi connectivity index (χ2n) is 6.56. The smallest absolute Gasteiger partial charge is 0.134 e. The Labute approximate surface area is 124 Å². The van der Waals surface area contributed by atoms with E-state index in [0.29, 0.717) is 12.0 Å². The van der Waals surface area contributed by atoms with Crippen molar-refractivity contribution in [1.29, 1.82) is 0 Å². The van der Waals surface area contributed by atoms with Crippen LogP contribution in [0.4, 0.5) is 4.39 Å². The van der Waals surface area contributed by atoms with E-state index in [0.717, 1.165) is 35.1 Å². The summed E-state index contributed by atoms with van der Waals surface area (Å²) in [6.45, 7) is 3.08. The molecule has 2 aliphatic rings. The van der Waals surface area contributed by atoms with Gasteiger partial charge in [-0.05, 0) is 61.4 Å². The van der Waals surface area contributed by atoms with Gasteiger partial charge in [0.2, 0.25) is 0 Å². The lowest BCUT2D eigenvalue weighted by molar-refractivity contribution is 0.381. The van der Waals surface area contributed by atoms with E-state index in [1.807, 2.05) is 6.07 Å². The molecule has 0 bridgehead atoms. The maximum absolute atomic E-state index is 13.4. The highest BCUT2D eigenvalue weighted by atomic mass is 19.1. The first-order chi connectivity index (χ1) is 10.3. The van der Waals surface area contributed by atoms with Crippen LogP contribution in [0.2, 0.25) is 0 Å². The van der Waals surface area contributed by atoms with Crippen LogP contribution in [-0.2, 0) is 0 Å². The third-order valence-electron chi connectivity index (χ3n) is 5.34. The molecular weight excluding hydrogens is 265 g/mol. The number of halogens is 1. The summed E-state index contributed by atoms with van der Waals surface area (Å²) in [6, 6.07) is 7.08. The summed E-state index contributed by atoms with van der Waals surface area (Å²) >= 11 is 0. The molecule has 2 fully saturated rings. The summed E-state index contributed by atoms with van der Waals surface area (Å²) in [6.07, 6.45) is 5.49. The summed E-state index contributed by atoms with van der Waals surface area (Å²) in [5.74, 6) is 3.23. The van der Waals surface area contributed by atoms with Crippen molar-refractivity contribution >= 4 is 11.0 Å². The Bertz CT molecular complexity index is 638. The van der Waals surface area contributed by atoms with Crippen molar-refractivity contribution in [2.24, 2.45) is 17.8 Å². The van der Waals surface area contributed by atoms with Crippen molar-refractivity contribution in [3.63, 3.8) is 0 Å². The maximum Gasteiger partial charge on any atom is 0.134 e. The average molecular weight is 287 g/mol.